The number of aliphatic hydroxyl groups is 1. The lowest BCUT2D eigenvalue weighted by Gasteiger charge is -2.35. The molecule has 18 heavy (non-hydrogen) atoms. The van der Waals surface area contributed by atoms with Crippen LogP contribution in [0.1, 0.15) is 31.9 Å². The van der Waals surface area contributed by atoms with Crippen LogP contribution in [-0.4, -0.2) is 34.6 Å². The summed E-state index contributed by atoms with van der Waals surface area (Å²) < 4.78 is 2.00. The van der Waals surface area contributed by atoms with E-state index in [-0.39, 0.29) is 6.10 Å². The molecule has 0 aliphatic heterocycles. The van der Waals surface area contributed by atoms with Gasteiger partial charge < -0.3 is 15.7 Å². The molecule has 3 N–H and O–H groups in total. The molecule has 102 valence electrons. The fraction of sp³-hybridized carbons (Fsp3) is 0.769. The van der Waals surface area contributed by atoms with E-state index in [1.807, 2.05) is 11.6 Å². The summed E-state index contributed by atoms with van der Waals surface area (Å²) in [6.45, 7) is 5.92. The van der Waals surface area contributed by atoms with Gasteiger partial charge in [-0.3, -0.25) is 0 Å². The van der Waals surface area contributed by atoms with E-state index >= 15 is 0 Å². The minimum absolute atomic E-state index is 0.0944. The van der Waals surface area contributed by atoms with Crippen LogP contribution in [0, 0.1) is 12.8 Å². The minimum atomic E-state index is -0.0944. The number of anilines is 2. The van der Waals surface area contributed by atoms with Crippen LogP contribution < -0.4 is 10.6 Å². The minimum Gasteiger partial charge on any atom is -0.394 e. The van der Waals surface area contributed by atoms with Gasteiger partial charge in [-0.25, -0.2) is 4.68 Å². The molecule has 0 saturated heterocycles. The van der Waals surface area contributed by atoms with Crippen LogP contribution in [0.5, 0.6) is 0 Å². The number of nitrogen functional groups attached to an aromatic ring is 1. The van der Waals surface area contributed by atoms with Crippen LogP contribution in [0.4, 0.5) is 11.5 Å². The maximum atomic E-state index is 9.34. The Morgan fingerprint density at radius 1 is 1.50 bits per heavy atom. The number of aromatic nitrogens is 2. The van der Waals surface area contributed by atoms with Crippen molar-refractivity contribution in [3.63, 3.8) is 0 Å². The van der Waals surface area contributed by atoms with Gasteiger partial charge in [-0.05, 0) is 32.1 Å². The number of hydrogen-bond acceptors (Lipinski definition) is 4. The van der Waals surface area contributed by atoms with Gasteiger partial charge in [-0.1, -0.05) is 6.92 Å². The van der Waals surface area contributed by atoms with E-state index in [0.717, 1.165) is 49.6 Å². The quantitative estimate of drug-likeness (QED) is 0.831. The monoisotopic (exact) mass is 252 g/mol. The molecule has 5 nitrogen and oxygen atoms in total. The highest BCUT2D eigenvalue weighted by atomic mass is 16.3. The van der Waals surface area contributed by atoms with Gasteiger partial charge in [-0.15, -0.1) is 0 Å². The van der Waals surface area contributed by atoms with E-state index in [4.69, 9.17) is 5.73 Å². The van der Waals surface area contributed by atoms with Crippen LogP contribution in [0.2, 0.25) is 0 Å². The van der Waals surface area contributed by atoms with Crippen molar-refractivity contribution in [1.82, 2.24) is 9.78 Å². The van der Waals surface area contributed by atoms with Gasteiger partial charge in [-0.2, -0.15) is 5.10 Å². The third-order valence-corrected chi connectivity index (χ3v) is 3.69. The van der Waals surface area contributed by atoms with E-state index in [1.165, 1.54) is 0 Å². The zero-order chi connectivity index (χ0) is 13.3. The highest BCUT2D eigenvalue weighted by Gasteiger charge is 2.29. The van der Waals surface area contributed by atoms with Crippen molar-refractivity contribution < 1.29 is 5.11 Å². The molecule has 2 rings (SSSR count). The molecule has 0 radical (unpaired) electrons. The Bertz CT molecular complexity index is 409. The average Bonchev–Trinajstić information content (AvgIpc) is 2.53. The normalized spacial score (nSPS) is 22.9. The first-order valence-electron chi connectivity index (χ1n) is 6.75. The zero-order valence-corrected chi connectivity index (χ0v) is 11.6. The SMILES string of the molecule is CCCn1nc(C)c(N)c1N(C)CC1CC(O)C1. The summed E-state index contributed by atoms with van der Waals surface area (Å²) >= 11 is 0. The second-order valence-electron chi connectivity index (χ2n) is 5.42. The molecule has 1 aliphatic carbocycles. The summed E-state index contributed by atoms with van der Waals surface area (Å²) in [6, 6.07) is 0. The van der Waals surface area contributed by atoms with Crippen molar-refractivity contribution >= 4 is 11.5 Å². The van der Waals surface area contributed by atoms with Crippen LogP contribution in [0.15, 0.2) is 0 Å². The Morgan fingerprint density at radius 2 is 2.17 bits per heavy atom. The lowest BCUT2D eigenvalue weighted by molar-refractivity contribution is 0.0464. The molecule has 0 aromatic carbocycles. The molecule has 1 aromatic rings. The maximum Gasteiger partial charge on any atom is 0.150 e. The smallest absolute Gasteiger partial charge is 0.150 e. The van der Waals surface area contributed by atoms with Crippen molar-refractivity contribution in [3.05, 3.63) is 5.69 Å². The highest BCUT2D eigenvalue weighted by molar-refractivity contribution is 5.65. The van der Waals surface area contributed by atoms with E-state index in [1.54, 1.807) is 0 Å². The van der Waals surface area contributed by atoms with Gasteiger partial charge in [0.05, 0.1) is 17.5 Å². The Morgan fingerprint density at radius 3 is 2.72 bits per heavy atom. The maximum absolute atomic E-state index is 9.34. The summed E-state index contributed by atoms with van der Waals surface area (Å²) in [5, 5.41) is 13.8. The molecule has 0 unspecified atom stereocenters. The second kappa shape index (κ2) is 5.18. The fourth-order valence-corrected chi connectivity index (χ4v) is 2.68. The largest absolute Gasteiger partial charge is 0.394 e. The van der Waals surface area contributed by atoms with Gasteiger partial charge in [0, 0.05) is 20.1 Å². The molecule has 1 aromatic heterocycles. The summed E-state index contributed by atoms with van der Waals surface area (Å²) in [6.07, 6.45) is 2.77. The molecule has 1 saturated carbocycles. The lowest BCUT2D eigenvalue weighted by atomic mass is 9.82. The fourth-order valence-electron chi connectivity index (χ4n) is 2.68. The van der Waals surface area contributed by atoms with E-state index in [2.05, 4.69) is 24.0 Å². The van der Waals surface area contributed by atoms with E-state index in [0.29, 0.717) is 5.92 Å². The molecule has 0 atom stereocenters. The Balaban J connectivity index is 2.10. The van der Waals surface area contributed by atoms with Gasteiger partial charge in [0.1, 0.15) is 5.82 Å². The zero-order valence-electron chi connectivity index (χ0n) is 11.6. The van der Waals surface area contributed by atoms with Gasteiger partial charge in [0.15, 0.2) is 0 Å². The number of hydrogen-bond donors (Lipinski definition) is 2. The van der Waals surface area contributed by atoms with E-state index in [9.17, 15) is 5.11 Å². The Kier molecular flexibility index (Phi) is 3.80. The lowest BCUT2D eigenvalue weighted by Crippen LogP contribution is -2.38. The molecule has 1 heterocycles. The molecule has 1 fully saturated rings. The van der Waals surface area contributed by atoms with Crippen molar-refractivity contribution in [3.8, 4) is 0 Å². The van der Waals surface area contributed by atoms with Gasteiger partial charge >= 0.3 is 0 Å². The molecule has 5 heteroatoms. The van der Waals surface area contributed by atoms with Gasteiger partial charge in [0.2, 0.25) is 0 Å². The second-order valence-corrected chi connectivity index (χ2v) is 5.42. The molecular weight excluding hydrogens is 228 g/mol. The average molecular weight is 252 g/mol. The number of aliphatic hydroxyl groups excluding tert-OH is 1. The summed E-state index contributed by atoms with van der Waals surface area (Å²) in [4.78, 5) is 2.18. The van der Waals surface area contributed by atoms with Crippen LogP contribution in [0.25, 0.3) is 0 Å². The number of nitrogens with zero attached hydrogens (tertiary/aromatic N) is 3. The predicted octanol–water partition coefficient (Wildman–Crippen LogP) is 1.39. The van der Waals surface area contributed by atoms with Crippen molar-refractivity contribution in [1.29, 1.82) is 0 Å². The summed E-state index contributed by atoms with van der Waals surface area (Å²) in [5.74, 6) is 1.60. The van der Waals surface area contributed by atoms with Crippen LogP contribution >= 0.6 is 0 Å². The molecule has 0 amide bonds. The molecular formula is C13H24N4O. The predicted molar refractivity (Wildman–Crippen MR) is 73.7 cm³/mol. The molecule has 0 bridgehead atoms. The van der Waals surface area contributed by atoms with Gasteiger partial charge in [0.25, 0.3) is 0 Å². The Labute approximate surface area is 109 Å². The van der Waals surface area contributed by atoms with E-state index < -0.39 is 0 Å². The molecule has 1 aliphatic rings. The third-order valence-electron chi connectivity index (χ3n) is 3.69. The van der Waals surface area contributed by atoms with Crippen LogP contribution in [-0.2, 0) is 6.54 Å². The first kappa shape index (κ1) is 13.2. The van der Waals surface area contributed by atoms with Crippen molar-refractivity contribution in [2.24, 2.45) is 5.92 Å². The van der Waals surface area contributed by atoms with Crippen molar-refractivity contribution in [2.45, 2.75) is 45.8 Å². The number of aryl methyl sites for hydroxylation is 2. The first-order valence-corrected chi connectivity index (χ1v) is 6.75. The number of rotatable bonds is 5. The Hall–Kier alpha value is -1.23. The standard InChI is InChI=1S/C13H24N4O/c1-4-5-17-13(12(14)9(2)15-17)16(3)8-10-6-11(18)7-10/h10-11,18H,4-8,14H2,1-3H3. The number of nitrogens with two attached hydrogens (primary N) is 1. The third kappa shape index (κ3) is 2.46. The van der Waals surface area contributed by atoms with Crippen LogP contribution in [0.3, 0.4) is 0 Å². The van der Waals surface area contributed by atoms with Crippen molar-refractivity contribution in [2.75, 3.05) is 24.2 Å². The summed E-state index contributed by atoms with van der Waals surface area (Å²) in [5.41, 5.74) is 7.81. The summed E-state index contributed by atoms with van der Waals surface area (Å²) in [7, 11) is 2.06. The highest BCUT2D eigenvalue weighted by Crippen LogP contribution is 2.31. The molecule has 0 spiro atoms. The first-order chi connectivity index (χ1) is 8.52. The topological polar surface area (TPSA) is 67.3 Å².